The lowest BCUT2D eigenvalue weighted by atomic mass is 9.83. The third kappa shape index (κ3) is 3.85. The molecule has 4 unspecified atom stereocenters. The minimum Gasteiger partial charge on any atom is -0.349 e. The van der Waals surface area contributed by atoms with Gasteiger partial charge in [0.05, 0.1) is 31.5 Å². The predicted molar refractivity (Wildman–Crippen MR) is 109 cm³/mol. The van der Waals surface area contributed by atoms with Gasteiger partial charge in [-0.2, -0.15) is 0 Å². The lowest BCUT2D eigenvalue weighted by Crippen LogP contribution is -2.58. The maximum atomic E-state index is 8.93. The summed E-state index contributed by atoms with van der Waals surface area (Å²) in [7, 11) is 0. The van der Waals surface area contributed by atoms with Gasteiger partial charge in [0.1, 0.15) is 12.2 Å². The molecule has 5 rings (SSSR count). The van der Waals surface area contributed by atoms with Gasteiger partial charge in [-0.3, -0.25) is 0 Å². The van der Waals surface area contributed by atoms with Crippen molar-refractivity contribution >= 4 is 0 Å². The van der Waals surface area contributed by atoms with Gasteiger partial charge in [-0.25, -0.2) is 0 Å². The van der Waals surface area contributed by atoms with Crippen molar-refractivity contribution in [2.24, 2.45) is 22.9 Å². The zero-order chi connectivity index (χ0) is 21.5. The van der Waals surface area contributed by atoms with Crippen LogP contribution in [-0.2, 0) is 28.4 Å². The summed E-state index contributed by atoms with van der Waals surface area (Å²) in [5.41, 5.74) is 9.94. The first-order valence-electron chi connectivity index (χ1n) is 11.0. The molecular formula is C22H29N3O6. The van der Waals surface area contributed by atoms with Crippen LogP contribution in [0, 0.1) is 17.8 Å². The summed E-state index contributed by atoms with van der Waals surface area (Å²) >= 11 is 0. The highest BCUT2D eigenvalue weighted by Gasteiger charge is 2.52. The summed E-state index contributed by atoms with van der Waals surface area (Å²) in [6.07, 6.45) is -2.10. The molecule has 4 aliphatic heterocycles. The van der Waals surface area contributed by atoms with Crippen molar-refractivity contribution in [3.05, 3.63) is 46.3 Å². The first-order chi connectivity index (χ1) is 15.1. The highest BCUT2D eigenvalue weighted by molar-refractivity contribution is 5.16. The second-order valence-corrected chi connectivity index (χ2v) is 8.97. The van der Waals surface area contributed by atoms with Crippen molar-refractivity contribution in [2.45, 2.75) is 70.1 Å². The molecule has 1 aromatic carbocycles. The van der Waals surface area contributed by atoms with Crippen LogP contribution < -0.4 is 0 Å². The number of azide groups is 1. The van der Waals surface area contributed by atoms with E-state index in [-0.39, 0.29) is 48.5 Å². The van der Waals surface area contributed by atoms with Crippen molar-refractivity contribution in [3.8, 4) is 0 Å². The normalized spacial score (nSPS) is 46.7. The van der Waals surface area contributed by atoms with Crippen LogP contribution in [-0.4, -0.2) is 56.3 Å². The van der Waals surface area contributed by atoms with Crippen LogP contribution in [0.15, 0.2) is 35.4 Å². The van der Waals surface area contributed by atoms with Gasteiger partial charge in [0.15, 0.2) is 18.9 Å². The molecule has 0 saturated carbocycles. The van der Waals surface area contributed by atoms with Gasteiger partial charge in [-0.05, 0) is 17.4 Å². The smallest absolute Gasteiger partial charge is 0.184 e. The van der Waals surface area contributed by atoms with Crippen LogP contribution in [0.2, 0.25) is 0 Å². The standard InChI is InChI=1S/C22H29N3O6/c1-11-12(2)20(30-19-13(3)17(24-25-23)22-27-10-16(19)29-22)28-15-9-26-21(31-18(11)15)14-7-5-4-6-8-14/h4-8,11-13,15-22H,9-10H2,1-3H3/t11-,12?,13-,15+,16?,17?,18+,19+,20+,21?,22-/m1/s1. The Morgan fingerprint density at radius 2 is 1.71 bits per heavy atom. The van der Waals surface area contributed by atoms with Crippen molar-refractivity contribution in [1.82, 2.24) is 0 Å². The van der Waals surface area contributed by atoms with Gasteiger partial charge < -0.3 is 28.4 Å². The number of rotatable bonds is 4. The van der Waals surface area contributed by atoms with Crippen molar-refractivity contribution in [2.75, 3.05) is 13.2 Å². The van der Waals surface area contributed by atoms with E-state index in [1.807, 2.05) is 37.3 Å². The van der Waals surface area contributed by atoms with Gasteiger partial charge >= 0.3 is 0 Å². The Bertz CT molecular complexity index is 819. The summed E-state index contributed by atoms with van der Waals surface area (Å²) in [4.78, 5) is 2.97. The van der Waals surface area contributed by atoms with Gasteiger partial charge in [0.2, 0.25) is 0 Å². The van der Waals surface area contributed by atoms with Gasteiger partial charge in [-0.15, -0.1) is 0 Å². The molecule has 0 aliphatic carbocycles. The average Bonchev–Trinajstić information content (AvgIpc) is 3.24. The predicted octanol–water partition coefficient (Wildman–Crippen LogP) is 3.55. The highest BCUT2D eigenvalue weighted by Crippen LogP contribution is 2.42. The van der Waals surface area contributed by atoms with Gasteiger partial charge in [-0.1, -0.05) is 56.2 Å². The highest BCUT2D eigenvalue weighted by atomic mass is 16.8. The first-order valence-corrected chi connectivity index (χ1v) is 11.0. The summed E-state index contributed by atoms with van der Waals surface area (Å²) < 4.78 is 36.7. The molecule has 9 nitrogen and oxygen atoms in total. The Balaban J connectivity index is 1.28. The fraction of sp³-hybridized carbons (Fsp3) is 0.727. The Hall–Kier alpha value is -1.71. The Morgan fingerprint density at radius 1 is 0.935 bits per heavy atom. The van der Waals surface area contributed by atoms with E-state index in [1.54, 1.807) is 0 Å². The topological polar surface area (TPSA) is 104 Å². The third-order valence-corrected chi connectivity index (χ3v) is 7.13. The van der Waals surface area contributed by atoms with Crippen LogP contribution in [0.1, 0.15) is 32.6 Å². The molecule has 0 amide bonds. The SMILES string of the molecule is CC1[C@H](O[C@@H]2C3CO[C@H](O3)C(N=[N+]=[N-])[C@H]2C)O[C@H]2COC(c3ccccc3)O[C@H]2[C@@H]1C. The maximum absolute atomic E-state index is 8.93. The molecule has 4 fully saturated rings. The van der Waals surface area contributed by atoms with Crippen molar-refractivity contribution in [1.29, 1.82) is 0 Å². The fourth-order valence-electron chi connectivity index (χ4n) is 5.07. The van der Waals surface area contributed by atoms with Crippen molar-refractivity contribution < 1.29 is 28.4 Å². The molecule has 0 spiro atoms. The minimum absolute atomic E-state index is 0.0488. The number of ether oxygens (including phenoxy) is 6. The molecule has 0 radical (unpaired) electrons. The van der Waals surface area contributed by atoms with E-state index in [2.05, 4.69) is 23.9 Å². The fourth-order valence-corrected chi connectivity index (χ4v) is 5.07. The van der Waals surface area contributed by atoms with E-state index in [0.29, 0.717) is 13.2 Å². The van der Waals surface area contributed by atoms with E-state index < -0.39 is 18.6 Å². The second kappa shape index (κ2) is 8.67. The molecule has 0 aromatic heterocycles. The molecule has 31 heavy (non-hydrogen) atoms. The Kier molecular flexibility index (Phi) is 5.92. The van der Waals surface area contributed by atoms with Gasteiger partial charge in [0, 0.05) is 16.4 Å². The van der Waals surface area contributed by atoms with Crippen molar-refractivity contribution in [3.63, 3.8) is 0 Å². The lowest BCUT2D eigenvalue weighted by Gasteiger charge is -2.49. The molecule has 11 atom stereocenters. The second-order valence-electron chi connectivity index (χ2n) is 8.97. The summed E-state index contributed by atoms with van der Waals surface area (Å²) in [6.45, 7) is 7.17. The number of hydrogen-bond acceptors (Lipinski definition) is 7. The molecule has 9 heteroatoms. The molecule has 4 aliphatic rings. The van der Waals surface area contributed by atoms with Crippen LogP contribution in [0.3, 0.4) is 0 Å². The number of fused-ring (bicyclic) bond motifs is 3. The summed E-state index contributed by atoms with van der Waals surface area (Å²) in [6, 6.07) is 9.54. The van der Waals surface area contributed by atoms with Gasteiger partial charge in [0.25, 0.3) is 0 Å². The minimum atomic E-state index is -0.501. The molecule has 168 valence electrons. The first kappa shape index (κ1) is 21.2. The molecule has 2 bridgehead atoms. The average molecular weight is 431 g/mol. The Labute approximate surface area is 181 Å². The lowest BCUT2D eigenvalue weighted by molar-refractivity contribution is -0.355. The quantitative estimate of drug-likeness (QED) is 0.410. The van der Waals surface area contributed by atoms with Crippen LogP contribution in [0.5, 0.6) is 0 Å². The number of benzene rings is 1. The monoisotopic (exact) mass is 431 g/mol. The zero-order valence-electron chi connectivity index (χ0n) is 17.9. The van der Waals surface area contributed by atoms with E-state index in [1.165, 1.54) is 0 Å². The molecule has 4 saturated heterocycles. The molecule has 0 N–H and O–H groups in total. The van der Waals surface area contributed by atoms with Crippen LogP contribution >= 0.6 is 0 Å². The summed E-state index contributed by atoms with van der Waals surface area (Å²) in [5, 5.41) is 3.89. The number of nitrogens with zero attached hydrogens (tertiary/aromatic N) is 3. The number of hydrogen-bond donors (Lipinski definition) is 0. The molecule has 4 heterocycles. The molecule has 1 aromatic rings. The maximum Gasteiger partial charge on any atom is 0.184 e. The van der Waals surface area contributed by atoms with E-state index in [0.717, 1.165) is 5.56 Å². The molecular weight excluding hydrogens is 402 g/mol. The van der Waals surface area contributed by atoms with E-state index in [4.69, 9.17) is 34.0 Å². The Morgan fingerprint density at radius 3 is 2.48 bits per heavy atom. The van der Waals surface area contributed by atoms with E-state index in [9.17, 15) is 0 Å². The zero-order valence-corrected chi connectivity index (χ0v) is 17.9. The van der Waals surface area contributed by atoms with Crippen LogP contribution in [0.4, 0.5) is 0 Å². The largest absolute Gasteiger partial charge is 0.349 e. The third-order valence-electron chi connectivity index (χ3n) is 7.13. The van der Waals surface area contributed by atoms with Crippen LogP contribution in [0.25, 0.3) is 10.4 Å². The summed E-state index contributed by atoms with van der Waals surface area (Å²) in [5.74, 6) is 0.257. The van der Waals surface area contributed by atoms with E-state index >= 15 is 0 Å².